The third-order valence-corrected chi connectivity index (χ3v) is 1.80. The van der Waals surface area contributed by atoms with E-state index >= 15 is 0 Å². The number of anilines is 1. The largest absolute Gasteiger partial charge is 0.573 e. The van der Waals surface area contributed by atoms with Gasteiger partial charge >= 0.3 is 6.36 Å². The van der Waals surface area contributed by atoms with E-state index in [9.17, 15) is 13.2 Å². The zero-order valence-electron chi connectivity index (χ0n) is 7.30. The fraction of sp³-hybridized carbons (Fsp3) is 0.125. The molecular formula is C8H6F3N3O. The fourth-order valence-electron chi connectivity index (χ4n) is 1.22. The molecule has 0 radical (unpaired) electrons. The Balaban J connectivity index is 2.39. The lowest BCUT2D eigenvalue weighted by Gasteiger charge is -2.08. The molecule has 1 aromatic heterocycles. The molecule has 0 aliphatic carbocycles. The van der Waals surface area contributed by atoms with Crippen LogP contribution in [0, 0.1) is 0 Å². The van der Waals surface area contributed by atoms with Crippen LogP contribution >= 0.6 is 0 Å². The number of aromatic amines is 1. The maximum absolute atomic E-state index is 11.9. The average molecular weight is 217 g/mol. The molecule has 0 aliphatic rings. The third kappa shape index (κ3) is 1.95. The van der Waals surface area contributed by atoms with Gasteiger partial charge in [0.05, 0.1) is 5.52 Å². The molecule has 2 aromatic rings. The van der Waals surface area contributed by atoms with Crippen LogP contribution in [-0.4, -0.2) is 16.6 Å². The molecule has 0 saturated carbocycles. The molecule has 2 rings (SSSR count). The van der Waals surface area contributed by atoms with Crippen molar-refractivity contribution >= 4 is 16.7 Å². The smallest absolute Gasteiger partial charge is 0.406 e. The summed E-state index contributed by atoms with van der Waals surface area (Å²) < 4.78 is 39.4. The van der Waals surface area contributed by atoms with Crippen molar-refractivity contribution in [2.75, 3.05) is 5.73 Å². The molecule has 4 nitrogen and oxygen atoms in total. The molecule has 80 valence electrons. The molecule has 0 aliphatic heterocycles. The molecule has 3 N–H and O–H groups in total. The van der Waals surface area contributed by atoms with E-state index in [-0.39, 0.29) is 11.6 Å². The Morgan fingerprint density at radius 2 is 2.07 bits per heavy atom. The van der Waals surface area contributed by atoms with Crippen LogP contribution in [0.3, 0.4) is 0 Å². The van der Waals surface area contributed by atoms with Crippen LogP contribution in [0.15, 0.2) is 18.2 Å². The molecule has 0 amide bonds. The van der Waals surface area contributed by atoms with E-state index in [1.807, 2.05) is 0 Å². The van der Waals surface area contributed by atoms with Crippen LogP contribution < -0.4 is 10.5 Å². The zero-order chi connectivity index (χ0) is 11.1. The van der Waals surface area contributed by atoms with Crippen LogP contribution in [0.25, 0.3) is 10.9 Å². The first-order valence-electron chi connectivity index (χ1n) is 3.95. The number of alkyl halides is 3. The van der Waals surface area contributed by atoms with Gasteiger partial charge in [0.2, 0.25) is 0 Å². The van der Waals surface area contributed by atoms with Gasteiger partial charge in [0, 0.05) is 11.5 Å². The average Bonchev–Trinajstić information content (AvgIpc) is 2.45. The van der Waals surface area contributed by atoms with E-state index in [1.165, 1.54) is 18.2 Å². The van der Waals surface area contributed by atoms with Crippen LogP contribution in [-0.2, 0) is 0 Å². The molecule has 0 atom stereocenters. The van der Waals surface area contributed by atoms with Crippen molar-refractivity contribution < 1.29 is 17.9 Å². The van der Waals surface area contributed by atoms with Crippen molar-refractivity contribution in [3.05, 3.63) is 18.2 Å². The number of H-pyrrole nitrogens is 1. The SMILES string of the molecule is Nc1n[nH]c2cc(OC(F)(F)F)ccc12. The third-order valence-electron chi connectivity index (χ3n) is 1.80. The predicted molar refractivity (Wildman–Crippen MR) is 47.2 cm³/mol. The predicted octanol–water partition coefficient (Wildman–Crippen LogP) is 2.04. The number of hydrogen-bond donors (Lipinski definition) is 2. The van der Waals surface area contributed by atoms with E-state index < -0.39 is 6.36 Å². The van der Waals surface area contributed by atoms with Crippen LogP contribution in [0.2, 0.25) is 0 Å². The lowest BCUT2D eigenvalue weighted by atomic mass is 10.2. The summed E-state index contributed by atoms with van der Waals surface area (Å²) >= 11 is 0. The Labute approximate surface area is 81.8 Å². The number of nitrogens with zero attached hydrogens (tertiary/aromatic N) is 1. The van der Waals surface area contributed by atoms with Crippen LogP contribution in [0.1, 0.15) is 0 Å². The minimum absolute atomic E-state index is 0.239. The Hall–Kier alpha value is -1.92. The highest BCUT2D eigenvalue weighted by Crippen LogP contribution is 2.27. The van der Waals surface area contributed by atoms with Crippen molar-refractivity contribution in [3.63, 3.8) is 0 Å². The van der Waals surface area contributed by atoms with Gasteiger partial charge in [-0.3, -0.25) is 5.10 Å². The number of ether oxygens (including phenoxy) is 1. The molecular weight excluding hydrogens is 211 g/mol. The minimum Gasteiger partial charge on any atom is -0.406 e. The number of benzene rings is 1. The quantitative estimate of drug-likeness (QED) is 0.768. The number of rotatable bonds is 1. The highest BCUT2D eigenvalue weighted by atomic mass is 19.4. The lowest BCUT2D eigenvalue weighted by molar-refractivity contribution is -0.274. The number of aromatic nitrogens is 2. The second-order valence-electron chi connectivity index (χ2n) is 2.86. The highest BCUT2D eigenvalue weighted by molar-refractivity contribution is 5.89. The topological polar surface area (TPSA) is 63.9 Å². The Kier molecular flexibility index (Phi) is 1.95. The number of nitrogens with one attached hydrogen (secondary N) is 1. The van der Waals surface area contributed by atoms with E-state index in [2.05, 4.69) is 14.9 Å². The first-order valence-corrected chi connectivity index (χ1v) is 3.95. The highest BCUT2D eigenvalue weighted by Gasteiger charge is 2.31. The van der Waals surface area contributed by atoms with Gasteiger partial charge in [-0.2, -0.15) is 5.10 Å². The summed E-state index contributed by atoms with van der Waals surface area (Å²) in [5.41, 5.74) is 5.85. The number of nitrogen functional groups attached to an aromatic ring is 1. The number of hydrogen-bond acceptors (Lipinski definition) is 3. The Morgan fingerprint density at radius 1 is 1.33 bits per heavy atom. The maximum Gasteiger partial charge on any atom is 0.573 e. The van der Waals surface area contributed by atoms with Crippen LogP contribution in [0.4, 0.5) is 19.0 Å². The summed E-state index contributed by atoms with van der Waals surface area (Å²) in [6.45, 7) is 0. The molecule has 0 fully saturated rings. The lowest BCUT2D eigenvalue weighted by Crippen LogP contribution is -2.16. The van der Waals surface area contributed by atoms with E-state index in [1.54, 1.807) is 0 Å². The zero-order valence-corrected chi connectivity index (χ0v) is 7.30. The van der Waals surface area contributed by atoms with Gasteiger partial charge in [-0.1, -0.05) is 0 Å². The monoisotopic (exact) mass is 217 g/mol. The van der Waals surface area contributed by atoms with Crippen molar-refractivity contribution in [1.29, 1.82) is 0 Å². The van der Waals surface area contributed by atoms with Crippen molar-refractivity contribution in [3.8, 4) is 5.75 Å². The van der Waals surface area contributed by atoms with Gasteiger partial charge < -0.3 is 10.5 Å². The summed E-state index contributed by atoms with van der Waals surface area (Å²) in [7, 11) is 0. The molecule has 7 heteroatoms. The summed E-state index contributed by atoms with van der Waals surface area (Å²) in [5, 5.41) is 6.70. The molecule has 0 spiro atoms. The van der Waals surface area contributed by atoms with Gasteiger partial charge in [-0.15, -0.1) is 13.2 Å². The molecule has 1 heterocycles. The summed E-state index contributed by atoms with van der Waals surface area (Å²) in [4.78, 5) is 0. The van der Waals surface area contributed by atoms with Gasteiger partial charge in [0.15, 0.2) is 5.82 Å². The number of fused-ring (bicyclic) bond motifs is 1. The first-order chi connectivity index (χ1) is 6.96. The molecule has 1 aromatic carbocycles. The molecule has 0 bridgehead atoms. The minimum atomic E-state index is -4.70. The van der Waals surface area contributed by atoms with Gasteiger partial charge in [0.1, 0.15) is 5.75 Å². The van der Waals surface area contributed by atoms with Gasteiger partial charge in [-0.05, 0) is 12.1 Å². The van der Waals surface area contributed by atoms with Gasteiger partial charge in [-0.25, -0.2) is 0 Å². The van der Waals surface area contributed by atoms with E-state index in [4.69, 9.17) is 5.73 Å². The Bertz CT molecular complexity index is 491. The second kappa shape index (κ2) is 3.04. The summed E-state index contributed by atoms with van der Waals surface area (Å²) in [6, 6.07) is 3.78. The molecule has 0 saturated heterocycles. The fourth-order valence-corrected chi connectivity index (χ4v) is 1.22. The number of nitrogens with two attached hydrogens (primary N) is 1. The maximum atomic E-state index is 11.9. The van der Waals surface area contributed by atoms with Gasteiger partial charge in [0.25, 0.3) is 0 Å². The standard InChI is InChI=1S/C8H6F3N3O/c9-8(10,11)15-4-1-2-5-6(3-4)13-14-7(5)12/h1-3H,(H3,12,13,14). The molecule has 0 unspecified atom stereocenters. The normalized spacial score (nSPS) is 11.9. The van der Waals surface area contributed by atoms with Crippen LogP contribution in [0.5, 0.6) is 5.75 Å². The van der Waals surface area contributed by atoms with Crippen molar-refractivity contribution in [1.82, 2.24) is 10.2 Å². The van der Waals surface area contributed by atoms with Crippen molar-refractivity contribution in [2.45, 2.75) is 6.36 Å². The van der Waals surface area contributed by atoms with Crippen molar-refractivity contribution in [2.24, 2.45) is 0 Å². The van der Waals surface area contributed by atoms with E-state index in [0.717, 1.165) is 0 Å². The number of halogens is 3. The first kappa shape index (κ1) is 9.63. The second-order valence-corrected chi connectivity index (χ2v) is 2.86. The Morgan fingerprint density at radius 3 is 2.73 bits per heavy atom. The summed E-state index contributed by atoms with van der Waals surface area (Å²) in [5.74, 6) is -0.0674. The molecule has 15 heavy (non-hydrogen) atoms. The van der Waals surface area contributed by atoms with E-state index in [0.29, 0.717) is 10.9 Å². The summed E-state index contributed by atoms with van der Waals surface area (Å²) in [6.07, 6.45) is -4.70.